The van der Waals surface area contributed by atoms with Crippen molar-refractivity contribution in [3.05, 3.63) is 40.8 Å². The lowest BCUT2D eigenvalue weighted by molar-refractivity contribution is -0.0367. The predicted octanol–water partition coefficient (Wildman–Crippen LogP) is 3.60. The molecule has 1 amide bonds. The number of nitrogens with two attached hydrogens (primary N) is 1. The highest BCUT2D eigenvalue weighted by molar-refractivity contribution is 6.01. The first-order chi connectivity index (χ1) is 21.8. The average Bonchev–Trinajstić information content (AvgIpc) is 3.67. The fraction of sp³-hybridized carbons (Fsp3) is 0.500. The van der Waals surface area contributed by atoms with Crippen molar-refractivity contribution in [2.24, 2.45) is 12.8 Å². The topological polar surface area (TPSA) is 148 Å². The number of rotatable bonds is 7. The van der Waals surface area contributed by atoms with Gasteiger partial charge in [-0.15, -0.1) is 5.10 Å². The second-order valence-electron chi connectivity index (χ2n) is 11.5. The Kier molecular flexibility index (Phi) is 8.92. The standard InChI is InChI=1S/C32H42N8O5/c1-5-38-18-20(3)45-32-28(29(30(33)42)35-37(32)4)21-10-13-25-23(17-21)24(34-40(25)27-9-7-8-16-44-27)12-11-22-26(19-38)39(14-15-41)36-31(22)43-6-2/h10-13,17,20,27,41H,5-9,14-16,18-19H2,1-4H3,(H2,33,42)/b12-11+/t20-,27?/m0/s1. The van der Waals surface area contributed by atoms with Crippen LogP contribution in [0.5, 0.6) is 11.8 Å². The molecule has 13 nitrogen and oxygen atoms in total. The molecule has 240 valence electrons. The van der Waals surface area contributed by atoms with E-state index in [1.807, 2.05) is 53.6 Å². The van der Waals surface area contributed by atoms with E-state index in [0.29, 0.717) is 50.2 Å². The van der Waals surface area contributed by atoms with Crippen LogP contribution in [0.2, 0.25) is 0 Å². The fourth-order valence-corrected chi connectivity index (χ4v) is 6.27. The van der Waals surface area contributed by atoms with Crippen LogP contribution < -0.4 is 15.2 Å². The van der Waals surface area contributed by atoms with Crippen LogP contribution >= 0.6 is 0 Å². The number of hydrogen-bond donors (Lipinski definition) is 2. The van der Waals surface area contributed by atoms with Crippen molar-refractivity contribution in [3.63, 3.8) is 0 Å². The number of hydrogen-bond acceptors (Lipinski definition) is 9. The average molecular weight is 619 g/mol. The highest BCUT2D eigenvalue weighted by Crippen LogP contribution is 2.38. The molecule has 45 heavy (non-hydrogen) atoms. The van der Waals surface area contributed by atoms with Crippen LogP contribution in [0.4, 0.5) is 0 Å². The molecule has 2 aliphatic rings. The van der Waals surface area contributed by atoms with Gasteiger partial charge in [-0.1, -0.05) is 13.0 Å². The normalized spacial score (nSPS) is 19.8. The monoisotopic (exact) mass is 618 g/mol. The Hall–Kier alpha value is -4.20. The van der Waals surface area contributed by atoms with E-state index in [9.17, 15) is 9.90 Å². The zero-order valence-electron chi connectivity index (χ0n) is 26.4. The van der Waals surface area contributed by atoms with Crippen molar-refractivity contribution in [1.82, 2.24) is 34.2 Å². The van der Waals surface area contributed by atoms with E-state index in [0.717, 1.165) is 59.2 Å². The summed E-state index contributed by atoms with van der Waals surface area (Å²) in [4.78, 5) is 14.9. The molecule has 2 atom stereocenters. The predicted molar refractivity (Wildman–Crippen MR) is 170 cm³/mol. The molecule has 0 radical (unpaired) electrons. The van der Waals surface area contributed by atoms with Gasteiger partial charge in [-0.05, 0) is 69.5 Å². The van der Waals surface area contributed by atoms with Gasteiger partial charge in [0, 0.05) is 32.1 Å². The Morgan fingerprint density at radius 2 is 2.02 bits per heavy atom. The number of carbonyl (C=O) groups excluding carboxylic acids is 1. The minimum absolute atomic E-state index is 0.0558. The second kappa shape index (κ2) is 13.0. The smallest absolute Gasteiger partial charge is 0.270 e. The molecule has 1 aromatic carbocycles. The van der Waals surface area contributed by atoms with Crippen LogP contribution in [0.3, 0.4) is 0 Å². The van der Waals surface area contributed by atoms with E-state index >= 15 is 0 Å². The SMILES string of the molecule is CCOc1nn(CCO)c2c1/C=C/c1nn(C3CCCCO3)c3ccc(cc13)-c1c(C(N)=O)nn(C)c1O[C@@H](C)CN(CC)C2. The fourth-order valence-electron chi connectivity index (χ4n) is 6.27. The molecule has 13 heteroatoms. The third-order valence-corrected chi connectivity index (χ3v) is 8.39. The highest BCUT2D eigenvalue weighted by Gasteiger charge is 2.28. The third kappa shape index (κ3) is 5.95. The van der Waals surface area contributed by atoms with E-state index < -0.39 is 5.91 Å². The van der Waals surface area contributed by atoms with Crippen molar-refractivity contribution in [3.8, 4) is 22.9 Å². The molecule has 1 fully saturated rings. The summed E-state index contributed by atoms with van der Waals surface area (Å²) in [5.74, 6) is 0.341. The zero-order valence-corrected chi connectivity index (χ0v) is 26.4. The van der Waals surface area contributed by atoms with Crippen LogP contribution in [0.15, 0.2) is 18.2 Å². The van der Waals surface area contributed by atoms with Crippen LogP contribution in [0.25, 0.3) is 34.2 Å². The Labute approximate surface area is 262 Å². The van der Waals surface area contributed by atoms with Gasteiger partial charge in [-0.25, -0.2) is 9.36 Å². The summed E-state index contributed by atoms with van der Waals surface area (Å²) in [6, 6.07) is 5.98. The number of carbonyl (C=O) groups is 1. The molecule has 3 N–H and O–H groups in total. The Morgan fingerprint density at radius 3 is 2.73 bits per heavy atom. The molecule has 2 bridgehead atoms. The Balaban J connectivity index is 1.60. The number of primary amides is 1. The van der Waals surface area contributed by atoms with Gasteiger partial charge >= 0.3 is 0 Å². The molecule has 0 aliphatic carbocycles. The zero-order chi connectivity index (χ0) is 31.7. The summed E-state index contributed by atoms with van der Waals surface area (Å²) in [5.41, 5.74) is 10.7. The van der Waals surface area contributed by atoms with E-state index in [2.05, 4.69) is 16.9 Å². The molecule has 3 aromatic heterocycles. The molecule has 2 aliphatic heterocycles. The van der Waals surface area contributed by atoms with Crippen molar-refractivity contribution < 1.29 is 24.1 Å². The summed E-state index contributed by atoms with van der Waals surface area (Å²) in [6.07, 6.45) is 6.48. The summed E-state index contributed by atoms with van der Waals surface area (Å²) in [5, 5.41) is 25.0. The number of aromatic nitrogens is 6. The Bertz CT molecular complexity index is 1710. The molecule has 4 aromatic rings. The number of aliphatic hydroxyl groups is 1. The van der Waals surface area contributed by atoms with Gasteiger partial charge in [-0.2, -0.15) is 10.2 Å². The van der Waals surface area contributed by atoms with Gasteiger partial charge in [-0.3, -0.25) is 14.4 Å². The number of amides is 1. The number of likely N-dealkylation sites (N-methyl/N-ethyl adjacent to an activating group) is 1. The van der Waals surface area contributed by atoms with Gasteiger partial charge in [0.05, 0.1) is 47.8 Å². The molecule has 1 unspecified atom stereocenters. The lowest BCUT2D eigenvalue weighted by Crippen LogP contribution is -2.34. The van der Waals surface area contributed by atoms with Crippen LogP contribution in [-0.2, 0) is 24.9 Å². The lowest BCUT2D eigenvalue weighted by atomic mass is 10.0. The largest absolute Gasteiger partial charge is 0.476 e. The van der Waals surface area contributed by atoms with Gasteiger partial charge in [0.25, 0.3) is 5.91 Å². The van der Waals surface area contributed by atoms with Crippen LogP contribution in [0, 0.1) is 0 Å². The number of ether oxygens (including phenoxy) is 3. The van der Waals surface area contributed by atoms with Gasteiger partial charge in [0.15, 0.2) is 11.9 Å². The van der Waals surface area contributed by atoms with Gasteiger partial charge < -0.3 is 25.1 Å². The Morgan fingerprint density at radius 1 is 1.18 bits per heavy atom. The third-order valence-electron chi connectivity index (χ3n) is 8.39. The minimum Gasteiger partial charge on any atom is -0.476 e. The number of fused-ring (bicyclic) bond motifs is 4. The maximum atomic E-state index is 12.6. The van der Waals surface area contributed by atoms with E-state index in [1.54, 1.807) is 11.7 Å². The maximum Gasteiger partial charge on any atom is 0.270 e. The number of nitrogens with zero attached hydrogens (tertiary/aromatic N) is 7. The molecular weight excluding hydrogens is 576 g/mol. The second-order valence-corrected chi connectivity index (χ2v) is 11.5. The van der Waals surface area contributed by atoms with Crippen molar-refractivity contribution in [2.45, 2.75) is 65.5 Å². The molecular formula is C32H42N8O5. The van der Waals surface area contributed by atoms with E-state index in [-0.39, 0.29) is 24.6 Å². The molecule has 0 spiro atoms. The van der Waals surface area contributed by atoms with E-state index in [4.69, 9.17) is 30.1 Å². The first-order valence-corrected chi connectivity index (χ1v) is 15.7. The molecule has 0 saturated carbocycles. The summed E-state index contributed by atoms with van der Waals surface area (Å²) in [7, 11) is 1.75. The lowest BCUT2D eigenvalue weighted by Gasteiger charge is -2.26. The van der Waals surface area contributed by atoms with E-state index in [1.165, 1.54) is 0 Å². The molecule has 5 heterocycles. The van der Waals surface area contributed by atoms with Crippen molar-refractivity contribution >= 4 is 29.0 Å². The van der Waals surface area contributed by atoms with Crippen LogP contribution in [0.1, 0.15) is 73.7 Å². The first-order valence-electron chi connectivity index (χ1n) is 15.7. The van der Waals surface area contributed by atoms with Crippen molar-refractivity contribution in [2.75, 3.05) is 32.9 Å². The molecule has 1 saturated heterocycles. The summed E-state index contributed by atoms with van der Waals surface area (Å²) >= 11 is 0. The minimum atomic E-state index is -0.630. The summed E-state index contributed by atoms with van der Waals surface area (Å²) in [6.45, 7) is 9.30. The van der Waals surface area contributed by atoms with Crippen molar-refractivity contribution in [1.29, 1.82) is 0 Å². The number of aryl methyl sites for hydroxylation is 1. The number of benzene rings is 1. The quantitative estimate of drug-likeness (QED) is 0.317. The maximum absolute atomic E-state index is 12.6. The van der Waals surface area contributed by atoms with Gasteiger partial charge in [0.1, 0.15) is 6.10 Å². The van der Waals surface area contributed by atoms with Crippen LogP contribution in [-0.4, -0.2) is 84.3 Å². The first kappa shape index (κ1) is 30.8. The highest BCUT2D eigenvalue weighted by atomic mass is 16.5. The summed E-state index contributed by atoms with van der Waals surface area (Å²) < 4.78 is 24.1. The van der Waals surface area contributed by atoms with Gasteiger partial charge in [0.2, 0.25) is 11.8 Å². The number of aliphatic hydroxyl groups excluding tert-OH is 1. The molecule has 6 rings (SSSR count).